The maximum Gasteiger partial charge on any atom is 0.354 e. The number of methoxy groups -OCH3 is 1. The molecule has 11 heteroatoms. The molecule has 3 aromatic rings. The Morgan fingerprint density at radius 2 is 1.53 bits per heavy atom. The quantitative estimate of drug-likeness (QED) is 0.329. The minimum absolute atomic E-state index is 0.0581. The molecule has 0 fully saturated rings. The Balaban J connectivity index is 1.45. The molecule has 0 unspecified atom stereocenters. The smallest absolute Gasteiger partial charge is 0.354 e. The van der Waals surface area contributed by atoms with Crippen LogP contribution in [0.1, 0.15) is 21.0 Å². The maximum atomic E-state index is 11.6. The first kappa shape index (κ1) is 22.6. The van der Waals surface area contributed by atoms with E-state index in [0.29, 0.717) is 22.5 Å². The Kier molecular flexibility index (Phi) is 7.24. The van der Waals surface area contributed by atoms with Gasteiger partial charge in [0, 0.05) is 18.2 Å². The molecule has 11 nitrogen and oxygen atoms in total. The lowest BCUT2D eigenvalue weighted by Gasteiger charge is -2.10. The first-order chi connectivity index (χ1) is 15.4. The van der Waals surface area contributed by atoms with Crippen molar-refractivity contribution in [3.8, 4) is 17.2 Å². The lowest BCUT2D eigenvalue weighted by atomic mass is 10.2. The SMILES string of the molecule is COc1cc(=O)oc2cc(OCCOCCOc3cc(C(=O)O)nc(C(=O)O)c3)ccc12. The summed E-state index contributed by atoms with van der Waals surface area (Å²) in [5.74, 6) is -1.78. The summed E-state index contributed by atoms with van der Waals surface area (Å²) in [5.41, 5.74) is -1.06. The van der Waals surface area contributed by atoms with Crippen LogP contribution >= 0.6 is 0 Å². The summed E-state index contributed by atoms with van der Waals surface area (Å²) >= 11 is 0. The second kappa shape index (κ2) is 10.3. The first-order valence-electron chi connectivity index (χ1n) is 9.31. The zero-order valence-electron chi connectivity index (χ0n) is 16.9. The number of nitrogens with zero attached hydrogens (tertiary/aromatic N) is 1. The van der Waals surface area contributed by atoms with Crippen LogP contribution in [0.3, 0.4) is 0 Å². The van der Waals surface area contributed by atoms with Gasteiger partial charge in [0.1, 0.15) is 36.0 Å². The molecule has 2 heterocycles. The second-order valence-corrected chi connectivity index (χ2v) is 6.28. The first-order valence-corrected chi connectivity index (χ1v) is 9.31. The number of benzene rings is 1. The van der Waals surface area contributed by atoms with Crippen molar-refractivity contribution in [2.75, 3.05) is 33.5 Å². The number of hydrogen-bond donors (Lipinski definition) is 2. The highest BCUT2D eigenvalue weighted by atomic mass is 16.5. The van der Waals surface area contributed by atoms with Crippen LogP contribution in [0.15, 0.2) is 45.6 Å². The molecular formula is C21H19NO10. The fourth-order valence-electron chi connectivity index (χ4n) is 2.72. The van der Waals surface area contributed by atoms with E-state index >= 15 is 0 Å². The molecule has 0 amide bonds. The van der Waals surface area contributed by atoms with Crippen molar-refractivity contribution >= 4 is 22.9 Å². The number of carboxylic acids is 2. The van der Waals surface area contributed by atoms with E-state index in [4.69, 9.17) is 33.6 Å². The number of ether oxygens (including phenoxy) is 4. The zero-order chi connectivity index (χ0) is 23.1. The molecule has 0 aliphatic carbocycles. The Morgan fingerprint density at radius 3 is 2.12 bits per heavy atom. The van der Waals surface area contributed by atoms with Crippen molar-refractivity contribution in [2.24, 2.45) is 0 Å². The summed E-state index contributed by atoms with van der Waals surface area (Å²) in [6.45, 7) is 0.644. The molecule has 0 saturated carbocycles. The molecule has 3 rings (SSSR count). The summed E-state index contributed by atoms with van der Waals surface area (Å²) in [7, 11) is 1.46. The zero-order valence-corrected chi connectivity index (χ0v) is 16.9. The predicted octanol–water partition coefficient (Wildman–Crippen LogP) is 2.07. The minimum Gasteiger partial charge on any atom is -0.496 e. The molecule has 1 aromatic carbocycles. The third kappa shape index (κ3) is 5.73. The van der Waals surface area contributed by atoms with Crippen LogP contribution < -0.4 is 19.8 Å². The number of fused-ring (bicyclic) bond motifs is 1. The van der Waals surface area contributed by atoms with Gasteiger partial charge in [-0.05, 0) is 12.1 Å². The topological polar surface area (TPSA) is 155 Å². The van der Waals surface area contributed by atoms with Crippen LogP contribution in [-0.2, 0) is 4.74 Å². The van der Waals surface area contributed by atoms with Gasteiger partial charge in [-0.2, -0.15) is 0 Å². The highest BCUT2D eigenvalue weighted by molar-refractivity contribution is 5.90. The van der Waals surface area contributed by atoms with Crippen LogP contribution in [-0.4, -0.2) is 60.7 Å². The van der Waals surface area contributed by atoms with Crippen molar-refractivity contribution in [2.45, 2.75) is 0 Å². The monoisotopic (exact) mass is 445 g/mol. The largest absolute Gasteiger partial charge is 0.496 e. The number of carbonyl (C=O) groups is 2. The molecule has 0 saturated heterocycles. The average Bonchev–Trinajstić information content (AvgIpc) is 2.77. The molecule has 0 radical (unpaired) electrons. The molecule has 32 heavy (non-hydrogen) atoms. The third-order valence-corrected chi connectivity index (χ3v) is 4.13. The summed E-state index contributed by atoms with van der Waals surface area (Å²) in [6.07, 6.45) is 0. The summed E-state index contributed by atoms with van der Waals surface area (Å²) < 4.78 is 26.6. The van der Waals surface area contributed by atoms with Gasteiger partial charge in [0.05, 0.1) is 31.8 Å². The highest BCUT2D eigenvalue weighted by Crippen LogP contribution is 2.27. The number of aromatic nitrogens is 1. The molecule has 2 aromatic heterocycles. The molecule has 0 bridgehead atoms. The van der Waals surface area contributed by atoms with Crippen LogP contribution in [0, 0.1) is 0 Å². The molecule has 0 aliphatic rings. The predicted molar refractivity (Wildman–Crippen MR) is 109 cm³/mol. The fraction of sp³-hybridized carbons (Fsp3) is 0.238. The highest BCUT2D eigenvalue weighted by Gasteiger charge is 2.14. The van der Waals surface area contributed by atoms with E-state index in [1.807, 2.05) is 0 Å². The van der Waals surface area contributed by atoms with Gasteiger partial charge in [-0.15, -0.1) is 0 Å². The standard InChI is InChI=1S/C21H19NO10/c1-28-17-11-19(23)32-18-10-12(2-3-14(17)18)30-6-4-29-5-7-31-13-8-15(20(24)25)22-16(9-13)21(26)27/h2-3,8-11H,4-7H2,1H3,(H,24,25)(H,26,27). The van der Waals surface area contributed by atoms with E-state index in [-0.39, 0.29) is 32.2 Å². The van der Waals surface area contributed by atoms with Gasteiger partial charge in [-0.3, -0.25) is 0 Å². The van der Waals surface area contributed by atoms with Crippen LogP contribution in [0.4, 0.5) is 0 Å². The Labute approximate surface area is 180 Å². The molecule has 2 N–H and O–H groups in total. The Morgan fingerprint density at radius 1 is 0.906 bits per heavy atom. The Bertz CT molecular complexity index is 1150. The van der Waals surface area contributed by atoms with Crippen LogP contribution in [0.2, 0.25) is 0 Å². The van der Waals surface area contributed by atoms with Gasteiger partial charge in [0.15, 0.2) is 11.4 Å². The normalized spacial score (nSPS) is 10.7. The molecule has 0 spiro atoms. The minimum atomic E-state index is -1.36. The lowest BCUT2D eigenvalue weighted by molar-refractivity contribution is 0.0679. The lowest BCUT2D eigenvalue weighted by Crippen LogP contribution is -2.13. The number of carboxylic acid groups (broad SMARTS) is 2. The van der Waals surface area contributed by atoms with Gasteiger partial charge in [-0.1, -0.05) is 0 Å². The van der Waals surface area contributed by atoms with Crippen LogP contribution in [0.5, 0.6) is 17.2 Å². The second-order valence-electron chi connectivity index (χ2n) is 6.28. The van der Waals surface area contributed by atoms with Gasteiger partial charge in [-0.25, -0.2) is 19.4 Å². The number of pyridine rings is 1. The van der Waals surface area contributed by atoms with Crippen molar-refractivity contribution in [1.29, 1.82) is 0 Å². The van der Waals surface area contributed by atoms with Gasteiger partial charge >= 0.3 is 17.6 Å². The summed E-state index contributed by atoms with van der Waals surface area (Å²) in [6, 6.07) is 8.52. The summed E-state index contributed by atoms with van der Waals surface area (Å²) in [5, 5.41) is 18.6. The fourth-order valence-corrected chi connectivity index (χ4v) is 2.72. The van der Waals surface area contributed by atoms with E-state index in [1.165, 1.54) is 13.2 Å². The number of hydrogen-bond acceptors (Lipinski definition) is 9. The van der Waals surface area contributed by atoms with E-state index in [9.17, 15) is 14.4 Å². The molecule has 0 atom stereocenters. The molecule has 0 aliphatic heterocycles. The van der Waals surface area contributed by atoms with Crippen LogP contribution in [0.25, 0.3) is 11.0 Å². The van der Waals surface area contributed by atoms with Gasteiger partial charge in [0.2, 0.25) is 0 Å². The van der Waals surface area contributed by atoms with E-state index in [1.54, 1.807) is 18.2 Å². The van der Waals surface area contributed by atoms with E-state index in [2.05, 4.69) is 4.98 Å². The molecule has 168 valence electrons. The maximum absolute atomic E-state index is 11.6. The van der Waals surface area contributed by atoms with Crippen molar-refractivity contribution in [3.63, 3.8) is 0 Å². The summed E-state index contributed by atoms with van der Waals surface area (Å²) in [4.78, 5) is 37.1. The van der Waals surface area contributed by atoms with Gasteiger partial charge < -0.3 is 33.6 Å². The number of rotatable bonds is 11. The van der Waals surface area contributed by atoms with Gasteiger partial charge in [0.25, 0.3) is 0 Å². The van der Waals surface area contributed by atoms with E-state index in [0.717, 1.165) is 12.1 Å². The number of aromatic carboxylic acids is 2. The molecular weight excluding hydrogens is 426 g/mol. The third-order valence-electron chi connectivity index (χ3n) is 4.13. The Hall–Kier alpha value is -4.12. The average molecular weight is 445 g/mol. The van der Waals surface area contributed by atoms with Crippen molar-refractivity contribution in [3.05, 3.63) is 58.2 Å². The van der Waals surface area contributed by atoms with Crippen molar-refractivity contribution in [1.82, 2.24) is 4.98 Å². The van der Waals surface area contributed by atoms with E-state index < -0.39 is 29.0 Å². The van der Waals surface area contributed by atoms with Crippen molar-refractivity contribution < 1.29 is 43.2 Å².